The van der Waals surface area contributed by atoms with Crippen molar-refractivity contribution in [3.8, 4) is 0 Å². The molecule has 0 spiro atoms. The summed E-state index contributed by atoms with van der Waals surface area (Å²) in [7, 11) is 0. The first-order valence-electron chi connectivity index (χ1n) is 4.79. The average molecular weight is 177 g/mol. The first-order chi connectivity index (χ1) is 6.25. The molecule has 2 atom stereocenters. The number of rotatable bonds is 1. The topological polar surface area (TPSA) is 46.2 Å². The van der Waals surface area contributed by atoms with Gasteiger partial charge in [-0.1, -0.05) is 12.1 Å². The number of benzene rings is 1. The van der Waals surface area contributed by atoms with Crippen LogP contribution >= 0.6 is 0 Å². The van der Waals surface area contributed by atoms with Crippen molar-refractivity contribution in [3.05, 3.63) is 29.8 Å². The van der Waals surface area contributed by atoms with Gasteiger partial charge in [0.25, 0.3) is 0 Å². The standard InChI is InChI=1S/C11H15NO/c12-10-3-1-2-8(6-10)9-4-5-11(13)7-9/h1-3,6,9,11,13H,4-5,7,12H2. The number of aliphatic hydroxyl groups is 1. The van der Waals surface area contributed by atoms with Gasteiger partial charge in [-0.25, -0.2) is 0 Å². The summed E-state index contributed by atoms with van der Waals surface area (Å²) in [6.45, 7) is 0. The third-order valence-corrected chi connectivity index (χ3v) is 2.79. The van der Waals surface area contributed by atoms with Crippen LogP contribution in [0.4, 0.5) is 5.69 Å². The van der Waals surface area contributed by atoms with Gasteiger partial charge in [0.2, 0.25) is 0 Å². The lowest BCUT2D eigenvalue weighted by Crippen LogP contribution is -1.99. The molecule has 2 nitrogen and oxygen atoms in total. The summed E-state index contributed by atoms with van der Waals surface area (Å²) in [4.78, 5) is 0. The molecule has 1 aromatic carbocycles. The minimum absolute atomic E-state index is 0.105. The Kier molecular flexibility index (Phi) is 2.23. The third kappa shape index (κ3) is 1.83. The lowest BCUT2D eigenvalue weighted by atomic mass is 9.97. The normalized spacial score (nSPS) is 27.8. The van der Waals surface area contributed by atoms with E-state index in [4.69, 9.17) is 5.73 Å². The number of hydrogen-bond acceptors (Lipinski definition) is 2. The molecular formula is C11H15NO. The van der Waals surface area contributed by atoms with Gasteiger partial charge in [-0.2, -0.15) is 0 Å². The van der Waals surface area contributed by atoms with Crippen molar-refractivity contribution in [1.82, 2.24) is 0 Å². The Hall–Kier alpha value is -1.02. The van der Waals surface area contributed by atoms with Crippen LogP contribution in [0.2, 0.25) is 0 Å². The highest BCUT2D eigenvalue weighted by Crippen LogP contribution is 2.34. The quantitative estimate of drug-likeness (QED) is 0.643. The lowest BCUT2D eigenvalue weighted by molar-refractivity contribution is 0.181. The first kappa shape index (κ1) is 8.57. The van der Waals surface area contributed by atoms with Gasteiger partial charge in [0.15, 0.2) is 0 Å². The maximum atomic E-state index is 9.40. The van der Waals surface area contributed by atoms with Crippen LogP contribution in [0.25, 0.3) is 0 Å². The Morgan fingerprint density at radius 2 is 2.15 bits per heavy atom. The largest absolute Gasteiger partial charge is 0.399 e. The van der Waals surface area contributed by atoms with Crippen LogP contribution in [0, 0.1) is 0 Å². The Morgan fingerprint density at radius 1 is 1.31 bits per heavy atom. The van der Waals surface area contributed by atoms with E-state index >= 15 is 0 Å². The third-order valence-electron chi connectivity index (χ3n) is 2.79. The maximum Gasteiger partial charge on any atom is 0.0546 e. The Bertz CT molecular complexity index is 298. The van der Waals surface area contributed by atoms with Crippen molar-refractivity contribution in [3.63, 3.8) is 0 Å². The molecule has 1 aliphatic carbocycles. The minimum atomic E-state index is -0.105. The zero-order valence-electron chi connectivity index (χ0n) is 7.61. The molecular weight excluding hydrogens is 162 g/mol. The van der Waals surface area contributed by atoms with Crippen molar-refractivity contribution >= 4 is 5.69 Å². The van der Waals surface area contributed by atoms with E-state index in [-0.39, 0.29) is 6.10 Å². The van der Waals surface area contributed by atoms with Crippen molar-refractivity contribution < 1.29 is 5.11 Å². The Morgan fingerprint density at radius 3 is 2.77 bits per heavy atom. The van der Waals surface area contributed by atoms with Crippen molar-refractivity contribution in [1.29, 1.82) is 0 Å². The SMILES string of the molecule is Nc1cccc(C2CCC(O)C2)c1. The van der Waals surface area contributed by atoms with Gasteiger partial charge in [0.05, 0.1) is 6.10 Å². The van der Waals surface area contributed by atoms with Crippen molar-refractivity contribution in [2.45, 2.75) is 31.3 Å². The Balaban J connectivity index is 2.16. The molecule has 1 aliphatic rings. The predicted octanol–water partition coefficient (Wildman–Crippen LogP) is 1.90. The van der Waals surface area contributed by atoms with Gasteiger partial charge in [0.1, 0.15) is 0 Å². The van der Waals surface area contributed by atoms with E-state index in [9.17, 15) is 5.11 Å². The zero-order chi connectivity index (χ0) is 9.26. The fraction of sp³-hybridized carbons (Fsp3) is 0.455. The van der Waals surface area contributed by atoms with Gasteiger partial charge >= 0.3 is 0 Å². The molecule has 0 saturated heterocycles. The second-order valence-electron chi connectivity index (χ2n) is 3.83. The second kappa shape index (κ2) is 3.38. The number of hydrogen-bond donors (Lipinski definition) is 2. The Labute approximate surface area is 78.4 Å². The molecule has 1 saturated carbocycles. The van der Waals surface area contributed by atoms with Gasteiger partial charge in [0, 0.05) is 5.69 Å². The number of aliphatic hydroxyl groups excluding tert-OH is 1. The zero-order valence-corrected chi connectivity index (χ0v) is 7.61. The second-order valence-corrected chi connectivity index (χ2v) is 3.83. The van der Waals surface area contributed by atoms with Crippen molar-refractivity contribution in [2.75, 3.05) is 5.73 Å². The molecule has 0 amide bonds. The molecule has 0 heterocycles. The lowest BCUT2D eigenvalue weighted by Gasteiger charge is -2.09. The fourth-order valence-corrected chi connectivity index (χ4v) is 2.07. The maximum absolute atomic E-state index is 9.40. The monoisotopic (exact) mass is 177 g/mol. The van der Waals surface area contributed by atoms with E-state index in [1.807, 2.05) is 18.2 Å². The van der Waals surface area contributed by atoms with E-state index in [1.54, 1.807) is 0 Å². The van der Waals surface area contributed by atoms with Crippen LogP contribution in [-0.2, 0) is 0 Å². The number of nitrogens with two attached hydrogens (primary N) is 1. The smallest absolute Gasteiger partial charge is 0.0546 e. The molecule has 2 rings (SSSR count). The highest BCUT2D eigenvalue weighted by molar-refractivity contribution is 5.42. The molecule has 1 aromatic rings. The molecule has 0 aliphatic heterocycles. The van der Waals surface area contributed by atoms with Gasteiger partial charge in [-0.05, 0) is 42.9 Å². The summed E-state index contributed by atoms with van der Waals surface area (Å²) in [5.41, 5.74) is 7.79. The fourth-order valence-electron chi connectivity index (χ4n) is 2.07. The van der Waals surface area contributed by atoms with Crippen LogP contribution in [0.15, 0.2) is 24.3 Å². The molecule has 2 unspecified atom stereocenters. The van der Waals surface area contributed by atoms with Gasteiger partial charge < -0.3 is 10.8 Å². The summed E-state index contributed by atoms with van der Waals surface area (Å²) < 4.78 is 0. The molecule has 13 heavy (non-hydrogen) atoms. The van der Waals surface area contributed by atoms with Crippen LogP contribution in [0.1, 0.15) is 30.7 Å². The summed E-state index contributed by atoms with van der Waals surface area (Å²) in [5.74, 6) is 0.512. The molecule has 0 radical (unpaired) electrons. The van der Waals surface area contributed by atoms with Crippen LogP contribution in [0.5, 0.6) is 0 Å². The highest BCUT2D eigenvalue weighted by Gasteiger charge is 2.23. The summed E-state index contributed by atoms with van der Waals surface area (Å²) in [6.07, 6.45) is 2.81. The summed E-state index contributed by atoms with van der Waals surface area (Å²) in [5, 5.41) is 9.40. The summed E-state index contributed by atoms with van der Waals surface area (Å²) in [6, 6.07) is 7.99. The highest BCUT2D eigenvalue weighted by atomic mass is 16.3. The predicted molar refractivity (Wildman–Crippen MR) is 53.5 cm³/mol. The molecule has 0 bridgehead atoms. The van der Waals surface area contributed by atoms with E-state index in [1.165, 1.54) is 5.56 Å². The molecule has 0 aromatic heterocycles. The molecule has 70 valence electrons. The molecule has 2 heteroatoms. The minimum Gasteiger partial charge on any atom is -0.399 e. The van der Waals surface area contributed by atoms with Gasteiger partial charge in [-0.3, -0.25) is 0 Å². The van der Waals surface area contributed by atoms with Crippen LogP contribution in [-0.4, -0.2) is 11.2 Å². The van der Waals surface area contributed by atoms with E-state index < -0.39 is 0 Å². The van der Waals surface area contributed by atoms with Crippen LogP contribution < -0.4 is 5.73 Å². The number of nitrogen functional groups attached to an aromatic ring is 1. The van der Waals surface area contributed by atoms with E-state index in [0.717, 1.165) is 24.9 Å². The molecule has 3 N–H and O–H groups in total. The summed E-state index contributed by atoms with van der Waals surface area (Å²) >= 11 is 0. The van der Waals surface area contributed by atoms with Crippen LogP contribution in [0.3, 0.4) is 0 Å². The number of anilines is 1. The van der Waals surface area contributed by atoms with E-state index in [0.29, 0.717) is 5.92 Å². The van der Waals surface area contributed by atoms with E-state index in [2.05, 4.69) is 6.07 Å². The van der Waals surface area contributed by atoms with Crippen molar-refractivity contribution in [2.24, 2.45) is 0 Å². The van der Waals surface area contributed by atoms with Gasteiger partial charge in [-0.15, -0.1) is 0 Å². The first-order valence-corrected chi connectivity index (χ1v) is 4.79. The average Bonchev–Trinajstić information content (AvgIpc) is 2.52. The molecule has 1 fully saturated rings.